The molecule has 0 aromatic heterocycles. The summed E-state index contributed by atoms with van der Waals surface area (Å²) in [5.74, 6) is -0.692. The maximum atomic E-state index is 11.9. The van der Waals surface area contributed by atoms with E-state index < -0.39 is 12.0 Å². The highest BCUT2D eigenvalue weighted by Gasteiger charge is 2.18. The molecule has 2 atom stereocenters. The van der Waals surface area contributed by atoms with E-state index in [0.29, 0.717) is 6.61 Å². The van der Waals surface area contributed by atoms with E-state index in [2.05, 4.69) is 13.8 Å². The van der Waals surface area contributed by atoms with Crippen LogP contribution in [0.5, 0.6) is 0 Å². The van der Waals surface area contributed by atoms with Crippen molar-refractivity contribution in [3.05, 3.63) is 0 Å². The molecule has 30 heavy (non-hydrogen) atoms. The lowest BCUT2D eigenvalue weighted by Crippen LogP contribution is -2.33. The molecule has 0 aliphatic carbocycles. The molecular formula is C25H49NO4. The highest BCUT2D eigenvalue weighted by Crippen LogP contribution is 2.11. The van der Waals surface area contributed by atoms with Gasteiger partial charge in [-0.1, -0.05) is 90.9 Å². The molecule has 0 amide bonds. The Hall–Kier alpha value is -1.10. The van der Waals surface area contributed by atoms with Gasteiger partial charge in [-0.15, -0.1) is 0 Å². The molecule has 2 N–H and O–H groups in total. The van der Waals surface area contributed by atoms with Gasteiger partial charge in [0.2, 0.25) is 0 Å². The van der Waals surface area contributed by atoms with Gasteiger partial charge in [0.15, 0.2) is 0 Å². The van der Waals surface area contributed by atoms with Gasteiger partial charge in [0.05, 0.1) is 12.7 Å². The first-order chi connectivity index (χ1) is 14.5. The van der Waals surface area contributed by atoms with Crippen LogP contribution in [-0.4, -0.2) is 30.7 Å². The summed E-state index contributed by atoms with van der Waals surface area (Å²) in [4.78, 5) is 23.8. The van der Waals surface area contributed by atoms with Crippen molar-refractivity contribution in [2.45, 2.75) is 142 Å². The van der Waals surface area contributed by atoms with Gasteiger partial charge in [0.25, 0.3) is 0 Å². The third kappa shape index (κ3) is 18.9. The van der Waals surface area contributed by atoms with Gasteiger partial charge in [-0.2, -0.15) is 0 Å². The summed E-state index contributed by atoms with van der Waals surface area (Å²) in [6.07, 6.45) is 18.4. The number of rotatable bonds is 21. The van der Waals surface area contributed by atoms with Crippen molar-refractivity contribution < 1.29 is 19.1 Å². The molecule has 0 aromatic carbocycles. The average molecular weight is 428 g/mol. The molecule has 0 heterocycles. The minimum atomic E-state index is -0.750. The van der Waals surface area contributed by atoms with Crippen molar-refractivity contribution >= 4 is 11.9 Å². The molecule has 178 valence electrons. The number of carbonyl (C=O) groups is 2. The summed E-state index contributed by atoms with van der Waals surface area (Å²) in [5.41, 5.74) is 5.86. The van der Waals surface area contributed by atoms with Gasteiger partial charge < -0.3 is 15.2 Å². The van der Waals surface area contributed by atoms with E-state index in [1.165, 1.54) is 70.6 Å². The highest BCUT2D eigenvalue weighted by molar-refractivity contribution is 5.77. The van der Waals surface area contributed by atoms with Crippen LogP contribution in [0, 0.1) is 0 Å². The molecule has 5 heteroatoms. The molecule has 0 rings (SSSR count). The molecule has 0 bridgehead atoms. The maximum absolute atomic E-state index is 11.9. The quantitative estimate of drug-likeness (QED) is 0.168. The summed E-state index contributed by atoms with van der Waals surface area (Å²) in [6.45, 7) is 6.76. The van der Waals surface area contributed by atoms with Crippen molar-refractivity contribution in [3.63, 3.8) is 0 Å². The fraction of sp³-hybridized carbons (Fsp3) is 0.920. The normalized spacial score (nSPS) is 13.1. The van der Waals surface area contributed by atoms with Crippen LogP contribution in [0.2, 0.25) is 0 Å². The number of hydrogen-bond acceptors (Lipinski definition) is 5. The van der Waals surface area contributed by atoms with Crippen LogP contribution in [0.15, 0.2) is 0 Å². The van der Waals surface area contributed by atoms with Crippen LogP contribution in [0.1, 0.15) is 130 Å². The smallest absolute Gasteiger partial charge is 0.322 e. The van der Waals surface area contributed by atoms with E-state index in [9.17, 15) is 9.59 Å². The second-order valence-corrected chi connectivity index (χ2v) is 8.64. The minimum absolute atomic E-state index is 0.0751. The van der Waals surface area contributed by atoms with Crippen molar-refractivity contribution in [1.29, 1.82) is 0 Å². The van der Waals surface area contributed by atoms with E-state index in [1.54, 1.807) is 0 Å². The Labute approximate surface area is 185 Å². The van der Waals surface area contributed by atoms with Crippen molar-refractivity contribution in [2.75, 3.05) is 6.61 Å². The van der Waals surface area contributed by atoms with E-state index in [4.69, 9.17) is 15.2 Å². The number of unbranched alkanes of at least 4 members (excludes halogenated alkanes) is 12. The molecule has 0 aromatic rings. The van der Waals surface area contributed by atoms with Gasteiger partial charge in [-0.3, -0.25) is 9.59 Å². The van der Waals surface area contributed by atoms with Crippen LogP contribution < -0.4 is 5.73 Å². The number of esters is 2. The summed E-state index contributed by atoms with van der Waals surface area (Å²) in [6, 6.07) is -0.750. The first-order valence-corrected chi connectivity index (χ1v) is 12.6. The Morgan fingerprint density at radius 2 is 1.23 bits per heavy atom. The van der Waals surface area contributed by atoms with Crippen LogP contribution in [0.3, 0.4) is 0 Å². The van der Waals surface area contributed by atoms with E-state index >= 15 is 0 Å². The summed E-state index contributed by atoms with van der Waals surface area (Å²) < 4.78 is 10.6. The lowest BCUT2D eigenvalue weighted by atomic mass is 10.1. The first kappa shape index (κ1) is 28.9. The topological polar surface area (TPSA) is 78.6 Å². The molecular weight excluding hydrogens is 378 g/mol. The highest BCUT2D eigenvalue weighted by atomic mass is 16.5. The minimum Gasteiger partial charge on any atom is -0.465 e. The molecule has 0 spiro atoms. The van der Waals surface area contributed by atoms with Crippen molar-refractivity contribution in [1.82, 2.24) is 0 Å². The molecule has 0 aliphatic rings. The number of carbonyl (C=O) groups excluding carboxylic acids is 2. The van der Waals surface area contributed by atoms with Gasteiger partial charge in [0.1, 0.15) is 6.04 Å². The van der Waals surface area contributed by atoms with Crippen molar-refractivity contribution in [2.24, 2.45) is 5.73 Å². The Morgan fingerprint density at radius 3 is 1.80 bits per heavy atom. The Balaban J connectivity index is 3.59. The van der Waals surface area contributed by atoms with Crippen LogP contribution in [0.25, 0.3) is 0 Å². The number of hydrogen-bond donors (Lipinski definition) is 1. The molecule has 0 aliphatic heterocycles. The second kappa shape index (κ2) is 21.1. The predicted molar refractivity (Wildman–Crippen MR) is 124 cm³/mol. The molecule has 0 radical (unpaired) electrons. The maximum Gasteiger partial charge on any atom is 0.322 e. The predicted octanol–water partition coefficient (Wildman–Crippen LogP) is 6.46. The Bertz CT molecular complexity index is 414. The zero-order valence-electron chi connectivity index (χ0n) is 20.1. The Morgan fingerprint density at radius 1 is 0.733 bits per heavy atom. The average Bonchev–Trinajstić information content (AvgIpc) is 2.73. The Kier molecular flexibility index (Phi) is 20.4. The zero-order chi connectivity index (χ0) is 22.5. The summed E-state index contributed by atoms with van der Waals surface area (Å²) in [5, 5.41) is 0. The van der Waals surface area contributed by atoms with E-state index in [0.717, 1.165) is 25.7 Å². The van der Waals surface area contributed by atoms with Gasteiger partial charge >= 0.3 is 11.9 Å². The van der Waals surface area contributed by atoms with Crippen LogP contribution in [-0.2, 0) is 19.1 Å². The van der Waals surface area contributed by atoms with Crippen LogP contribution in [0.4, 0.5) is 0 Å². The molecule has 0 saturated carbocycles. The molecule has 0 fully saturated rings. The van der Waals surface area contributed by atoms with Gasteiger partial charge in [0, 0.05) is 6.42 Å². The monoisotopic (exact) mass is 427 g/mol. The number of nitrogens with two attached hydrogens (primary N) is 1. The van der Waals surface area contributed by atoms with Crippen LogP contribution >= 0.6 is 0 Å². The first-order valence-electron chi connectivity index (χ1n) is 12.6. The number of ether oxygens (including phenoxy) is 2. The van der Waals surface area contributed by atoms with E-state index in [1.807, 2.05) is 6.92 Å². The third-order valence-corrected chi connectivity index (χ3v) is 5.50. The molecule has 0 saturated heterocycles. The van der Waals surface area contributed by atoms with Crippen molar-refractivity contribution in [3.8, 4) is 0 Å². The SMILES string of the molecule is CCCCCCCCCCCCOC(=O)[C@@H](N)CCC(=O)OC(C)CCCCCC. The molecule has 1 unspecified atom stereocenters. The third-order valence-electron chi connectivity index (χ3n) is 5.50. The lowest BCUT2D eigenvalue weighted by Gasteiger charge is -2.14. The van der Waals surface area contributed by atoms with Gasteiger partial charge in [-0.05, 0) is 32.6 Å². The second-order valence-electron chi connectivity index (χ2n) is 8.64. The van der Waals surface area contributed by atoms with Gasteiger partial charge in [-0.25, -0.2) is 0 Å². The zero-order valence-corrected chi connectivity index (χ0v) is 20.1. The molecule has 5 nitrogen and oxygen atoms in total. The lowest BCUT2D eigenvalue weighted by molar-refractivity contribution is -0.149. The summed E-state index contributed by atoms with van der Waals surface area (Å²) in [7, 11) is 0. The largest absolute Gasteiger partial charge is 0.465 e. The summed E-state index contributed by atoms with van der Waals surface area (Å²) >= 11 is 0. The van der Waals surface area contributed by atoms with E-state index in [-0.39, 0.29) is 24.9 Å². The fourth-order valence-corrected chi connectivity index (χ4v) is 3.46. The standard InChI is InChI=1S/C25H49NO4/c1-4-6-8-10-11-12-13-14-15-17-21-29-25(28)23(26)19-20-24(27)30-22(3)18-16-9-7-5-2/h22-23H,4-21,26H2,1-3H3/t22?,23-/m0/s1. The fourth-order valence-electron chi connectivity index (χ4n) is 3.46.